The number of phenolic OH excluding ortho intramolecular Hbond substituents is 1. The third kappa shape index (κ3) is 1.37. The summed E-state index contributed by atoms with van der Waals surface area (Å²) in [7, 11) is 0. The van der Waals surface area contributed by atoms with Gasteiger partial charge in [-0.25, -0.2) is 0 Å². The van der Waals surface area contributed by atoms with E-state index in [1.54, 1.807) is 0 Å². The molecule has 0 radical (unpaired) electrons. The van der Waals surface area contributed by atoms with Gasteiger partial charge in [0.05, 0.1) is 9.92 Å². The van der Waals surface area contributed by atoms with Crippen LogP contribution in [0.1, 0.15) is 0 Å². The lowest BCUT2D eigenvalue weighted by atomic mass is 10.3. The van der Waals surface area contributed by atoms with Crippen LogP contribution in [0.3, 0.4) is 0 Å². The summed E-state index contributed by atoms with van der Waals surface area (Å²) in [5.41, 5.74) is 0. The lowest BCUT2D eigenvalue weighted by molar-refractivity contribution is 0.456. The number of aromatic hydroxyl groups is 1. The molecule has 5 heteroatoms. The summed E-state index contributed by atoms with van der Waals surface area (Å²) in [4.78, 5) is 0.661. The van der Waals surface area contributed by atoms with Crippen LogP contribution in [0.2, 0.25) is 10.0 Å². The molecule has 1 aliphatic rings. The van der Waals surface area contributed by atoms with Crippen molar-refractivity contribution >= 4 is 35.0 Å². The van der Waals surface area contributed by atoms with Crippen LogP contribution in [0.15, 0.2) is 22.6 Å². The van der Waals surface area contributed by atoms with Crippen molar-refractivity contribution in [3.8, 4) is 11.5 Å². The van der Waals surface area contributed by atoms with E-state index in [-0.39, 0.29) is 15.8 Å². The molecule has 0 spiro atoms. The van der Waals surface area contributed by atoms with Crippen LogP contribution >= 0.6 is 35.0 Å². The van der Waals surface area contributed by atoms with E-state index in [1.807, 2.05) is 0 Å². The molecule has 2 nitrogen and oxygen atoms in total. The van der Waals surface area contributed by atoms with E-state index in [1.165, 1.54) is 17.8 Å². The van der Waals surface area contributed by atoms with Crippen LogP contribution < -0.4 is 4.74 Å². The lowest BCUT2D eigenvalue weighted by Gasteiger charge is -2.03. The number of hydrogen-bond acceptors (Lipinski definition) is 3. The molecule has 2 rings (SSSR count). The summed E-state index contributed by atoms with van der Waals surface area (Å²) in [6.07, 6.45) is 0. The monoisotopic (exact) mass is 234 g/mol. The van der Waals surface area contributed by atoms with E-state index in [9.17, 15) is 5.11 Å². The Balaban J connectivity index is 2.66. The minimum absolute atomic E-state index is 0.118. The van der Waals surface area contributed by atoms with Crippen LogP contribution in [0.5, 0.6) is 11.5 Å². The number of benzene rings is 1. The van der Waals surface area contributed by atoms with Gasteiger partial charge >= 0.3 is 0 Å². The van der Waals surface area contributed by atoms with Gasteiger partial charge in [-0.3, -0.25) is 0 Å². The molecule has 13 heavy (non-hydrogen) atoms. The highest BCUT2D eigenvalue weighted by Crippen LogP contribution is 2.51. The Kier molecular flexibility index (Phi) is 2.10. The van der Waals surface area contributed by atoms with Gasteiger partial charge in [0.1, 0.15) is 10.8 Å². The molecule has 1 N–H and O–H groups in total. The van der Waals surface area contributed by atoms with Crippen LogP contribution in [0, 0.1) is 0 Å². The number of phenols is 1. The minimum atomic E-state index is -0.118. The SMILES string of the molecule is C=C1Oc2cc(Cl)c(O)c(Cl)c2S1. The zero-order valence-electron chi connectivity index (χ0n) is 6.30. The summed E-state index contributed by atoms with van der Waals surface area (Å²) >= 11 is 12.8. The van der Waals surface area contributed by atoms with Crippen LogP contribution in [0.25, 0.3) is 0 Å². The Morgan fingerprint density at radius 3 is 2.85 bits per heavy atom. The second-order valence-electron chi connectivity index (χ2n) is 2.42. The molecule has 0 unspecified atom stereocenters. The molecule has 1 heterocycles. The fraction of sp³-hybridized carbons (Fsp3) is 0. The molecular weight excluding hydrogens is 231 g/mol. The quantitative estimate of drug-likeness (QED) is 0.744. The number of halogens is 2. The fourth-order valence-electron chi connectivity index (χ4n) is 0.998. The molecule has 0 aromatic heterocycles. The molecular formula is C8H4Cl2O2S. The number of rotatable bonds is 0. The molecule has 0 atom stereocenters. The standard InChI is InChI=1S/C8H4Cl2O2S/c1-3-12-5-2-4(9)7(11)6(10)8(5)13-3/h2,11H,1H2. The molecule has 0 fully saturated rings. The predicted octanol–water partition coefficient (Wildman–Crippen LogP) is 3.65. The second-order valence-corrected chi connectivity index (χ2v) is 4.28. The van der Waals surface area contributed by atoms with Crippen molar-refractivity contribution < 1.29 is 9.84 Å². The van der Waals surface area contributed by atoms with Gasteiger partial charge in [0.2, 0.25) is 0 Å². The fourth-order valence-corrected chi connectivity index (χ4v) is 2.30. The van der Waals surface area contributed by atoms with Crippen molar-refractivity contribution in [1.82, 2.24) is 0 Å². The van der Waals surface area contributed by atoms with Crippen LogP contribution in [0.4, 0.5) is 0 Å². The molecule has 1 aromatic rings. The number of ether oxygens (including phenoxy) is 1. The molecule has 0 bridgehead atoms. The van der Waals surface area contributed by atoms with Gasteiger partial charge in [0.25, 0.3) is 0 Å². The highest BCUT2D eigenvalue weighted by Gasteiger charge is 2.24. The summed E-state index contributed by atoms with van der Waals surface area (Å²) in [5.74, 6) is 0.427. The zero-order chi connectivity index (χ0) is 9.59. The Morgan fingerprint density at radius 1 is 1.46 bits per heavy atom. The van der Waals surface area contributed by atoms with Crippen molar-refractivity contribution in [3.05, 3.63) is 27.8 Å². The smallest absolute Gasteiger partial charge is 0.158 e. The second kappa shape index (κ2) is 3.01. The molecule has 1 aromatic carbocycles. The van der Waals surface area contributed by atoms with Crippen LogP contribution in [-0.4, -0.2) is 5.11 Å². The van der Waals surface area contributed by atoms with Crippen molar-refractivity contribution in [2.24, 2.45) is 0 Å². The third-order valence-corrected chi connectivity index (χ3v) is 3.24. The number of hydrogen-bond donors (Lipinski definition) is 1. The molecule has 0 amide bonds. The number of thioether (sulfide) groups is 1. The van der Waals surface area contributed by atoms with Crippen LogP contribution in [-0.2, 0) is 0 Å². The largest absolute Gasteiger partial charge is 0.505 e. The lowest BCUT2D eigenvalue weighted by Crippen LogP contribution is -1.81. The summed E-state index contributed by atoms with van der Waals surface area (Å²) < 4.78 is 5.21. The topological polar surface area (TPSA) is 29.5 Å². The normalized spacial score (nSPS) is 14.2. The van der Waals surface area contributed by atoms with E-state index >= 15 is 0 Å². The first-order valence-electron chi connectivity index (χ1n) is 3.35. The molecule has 0 aliphatic carbocycles. The Hall–Kier alpha value is -0.510. The van der Waals surface area contributed by atoms with Gasteiger partial charge in [-0.1, -0.05) is 23.2 Å². The summed E-state index contributed by atoms with van der Waals surface area (Å²) in [6.45, 7) is 3.63. The van der Waals surface area contributed by atoms with Crippen molar-refractivity contribution in [2.45, 2.75) is 4.90 Å². The Morgan fingerprint density at radius 2 is 2.15 bits per heavy atom. The Labute approximate surface area is 89.1 Å². The molecule has 68 valence electrons. The van der Waals surface area contributed by atoms with E-state index in [0.29, 0.717) is 15.7 Å². The highest BCUT2D eigenvalue weighted by atomic mass is 35.5. The van der Waals surface area contributed by atoms with Gasteiger partial charge < -0.3 is 9.84 Å². The zero-order valence-corrected chi connectivity index (χ0v) is 8.63. The van der Waals surface area contributed by atoms with Gasteiger partial charge in [-0.15, -0.1) is 0 Å². The number of fused-ring (bicyclic) bond motifs is 1. The van der Waals surface area contributed by atoms with Crippen molar-refractivity contribution in [3.63, 3.8) is 0 Å². The maximum atomic E-state index is 9.39. The average molecular weight is 235 g/mol. The minimum Gasteiger partial charge on any atom is -0.505 e. The van der Waals surface area contributed by atoms with Gasteiger partial charge in [0, 0.05) is 6.07 Å². The van der Waals surface area contributed by atoms with Crippen molar-refractivity contribution in [2.75, 3.05) is 0 Å². The predicted molar refractivity (Wildman–Crippen MR) is 53.8 cm³/mol. The van der Waals surface area contributed by atoms with Crippen molar-refractivity contribution in [1.29, 1.82) is 0 Å². The van der Waals surface area contributed by atoms with E-state index in [2.05, 4.69) is 6.58 Å². The Bertz CT molecular complexity index is 404. The average Bonchev–Trinajstić information content (AvgIpc) is 2.42. The molecule has 0 saturated heterocycles. The third-order valence-electron chi connectivity index (χ3n) is 1.55. The first kappa shape index (κ1) is 9.06. The summed E-state index contributed by atoms with van der Waals surface area (Å²) in [5, 5.41) is 10.3. The van der Waals surface area contributed by atoms with Gasteiger partial charge in [-0.2, -0.15) is 0 Å². The first-order valence-corrected chi connectivity index (χ1v) is 4.92. The van der Waals surface area contributed by atoms with Gasteiger partial charge in [-0.05, 0) is 18.3 Å². The molecule has 1 aliphatic heterocycles. The first-order chi connectivity index (χ1) is 6.09. The molecule has 0 saturated carbocycles. The maximum Gasteiger partial charge on any atom is 0.158 e. The van der Waals surface area contributed by atoms with Gasteiger partial charge in [0.15, 0.2) is 10.8 Å². The van der Waals surface area contributed by atoms with E-state index < -0.39 is 0 Å². The van der Waals surface area contributed by atoms with E-state index in [0.717, 1.165) is 0 Å². The summed E-state index contributed by atoms with van der Waals surface area (Å²) in [6, 6.07) is 1.52. The van der Waals surface area contributed by atoms with E-state index in [4.69, 9.17) is 27.9 Å². The maximum absolute atomic E-state index is 9.39. The highest BCUT2D eigenvalue weighted by molar-refractivity contribution is 8.03.